The van der Waals surface area contributed by atoms with Gasteiger partial charge in [-0.2, -0.15) is 0 Å². The molecule has 0 radical (unpaired) electrons. The van der Waals surface area contributed by atoms with Crippen LogP contribution in [0.3, 0.4) is 0 Å². The number of para-hydroxylation sites is 1. The zero-order valence-electron chi connectivity index (χ0n) is 13.0. The maximum absolute atomic E-state index is 6.07. The number of rotatable bonds is 5. The van der Waals surface area contributed by atoms with Crippen molar-refractivity contribution >= 4 is 0 Å². The molecule has 0 aromatic heterocycles. The molecule has 0 spiro atoms. The van der Waals surface area contributed by atoms with Gasteiger partial charge in [0.15, 0.2) is 11.5 Å². The average Bonchev–Trinajstić information content (AvgIpc) is 2.56. The summed E-state index contributed by atoms with van der Waals surface area (Å²) in [7, 11) is 3.35. The summed E-state index contributed by atoms with van der Waals surface area (Å²) in [4.78, 5) is 0. The Morgan fingerprint density at radius 3 is 2.59 bits per heavy atom. The summed E-state index contributed by atoms with van der Waals surface area (Å²) in [6, 6.07) is 10.1. The van der Waals surface area contributed by atoms with Gasteiger partial charge in [0.1, 0.15) is 11.5 Å². The molecule has 0 saturated carbocycles. The molecule has 2 aromatic carbocycles. The summed E-state index contributed by atoms with van der Waals surface area (Å²) >= 11 is 0. The fraction of sp³-hybridized carbons (Fsp3) is 0.333. The van der Waals surface area contributed by atoms with Gasteiger partial charge in [-0.15, -0.1) is 0 Å². The van der Waals surface area contributed by atoms with Crippen molar-refractivity contribution in [3.8, 4) is 23.0 Å². The number of nitrogens with two attached hydrogens (primary N) is 1. The molecule has 0 saturated heterocycles. The maximum atomic E-state index is 6.07. The van der Waals surface area contributed by atoms with E-state index in [4.69, 9.17) is 19.9 Å². The number of hydrogen-bond donors (Lipinski definition) is 1. The molecular formula is C18H21NO3. The Morgan fingerprint density at radius 2 is 1.86 bits per heavy atom. The Labute approximate surface area is 130 Å². The Hall–Kier alpha value is -2.20. The molecule has 1 aliphatic heterocycles. The fourth-order valence-corrected chi connectivity index (χ4v) is 2.94. The van der Waals surface area contributed by atoms with Crippen molar-refractivity contribution in [2.45, 2.75) is 19.3 Å². The van der Waals surface area contributed by atoms with Crippen LogP contribution < -0.4 is 19.9 Å². The van der Waals surface area contributed by atoms with Crippen molar-refractivity contribution in [1.29, 1.82) is 0 Å². The van der Waals surface area contributed by atoms with Crippen LogP contribution in [0.1, 0.15) is 23.1 Å². The zero-order valence-corrected chi connectivity index (χ0v) is 13.0. The van der Waals surface area contributed by atoms with Crippen LogP contribution in [-0.2, 0) is 12.8 Å². The van der Waals surface area contributed by atoms with E-state index in [1.54, 1.807) is 14.2 Å². The first-order valence-corrected chi connectivity index (χ1v) is 7.51. The van der Waals surface area contributed by atoms with E-state index < -0.39 is 0 Å². The van der Waals surface area contributed by atoms with Crippen molar-refractivity contribution in [2.24, 2.45) is 5.73 Å². The molecule has 2 N–H and O–H groups in total. The topological polar surface area (TPSA) is 53.7 Å². The second-order valence-electron chi connectivity index (χ2n) is 5.36. The number of ether oxygens (including phenoxy) is 3. The van der Waals surface area contributed by atoms with E-state index in [1.165, 1.54) is 0 Å². The molecule has 116 valence electrons. The Morgan fingerprint density at radius 1 is 1.09 bits per heavy atom. The largest absolute Gasteiger partial charge is 0.493 e. The van der Waals surface area contributed by atoms with Crippen LogP contribution in [-0.4, -0.2) is 20.8 Å². The van der Waals surface area contributed by atoms with Gasteiger partial charge in [0.25, 0.3) is 0 Å². The third-order valence-electron chi connectivity index (χ3n) is 3.99. The zero-order chi connectivity index (χ0) is 15.5. The molecule has 0 unspecified atom stereocenters. The van der Waals surface area contributed by atoms with Crippen molar-refractivity contribution in [1.82, 2.24) is 0 Å². The van der Waals surface area contributed by atoms with E-state index >= 15 is 0 Å². The smallest absolute Gasteiger partial charge is 0.168 e. The van der Waals surface area contributed by atoms with Crippen molar-refractivity contribution in [2.75, 3.05) is 20.8 Å². The van der Waals surface area contributed by atoms with E-state index in [0.29, 0.717) is 6.54 Å². The van der Waals surface area contributed by atoms with E-state index in [1.807, 2.05) is 18.2 Å². The van der Waals surface area contributed by atoms with Crippen LogP contribution in [0, 0.1) is 0 Å². The Balaban J connectivity index is 2.09. The first-order valence-electron chi connectivity index (χ1n) is 7.51. The number of fused-ring (bicyclic) bond motifs is 2. The maximum Gasteiger partial charge on any atom is 0.168 e. The fourth-order valence-electron chi connectivity index (χ4n) is 2.94. The minimum Gasteiger partial charge on any atom is -0.493 e. The highest BCUT2D eigenvalue weighted by atomic mass is 16.5. The predicted octanol–water partition coefficient (Wildman–Crippen LogP) is 3.29. The van der Waals surface area contributed by atoms with Crippen LogP contribution >= 0.6 is 0 Å². The van der Waals surface area contributed by atoms with Gasteiger partial charge >= 0.3 is 0 Å². The molecule has 0 amide bonds. The van der Waals surface area contributed by atoms with Gasteiger partial charge in [0, 0.05) is 17.5 Å². The lowest BCUT2D eigenvalue weighted by atomic mass is 9.95. The van der Waals surface area contributed by atoms with Crippen LogP contribution in [0.5, 0.6) is 23.0 Å². The van der Waals surface area contributed by atoms with E-state index in [0.717, 1.165) is 59.0 Å². The normalized spacial score (nSPS) is 12.1. The quantitative estimate of drug-likeness (QED) is 0.785. The summed E-state index contributed by atoms with van der Waals surface area (Å²) < 4.78 is 17.3. The third kappa shape index (κ3) is 2.50. The average molecular weight is 299 g/mol. The molecule has 4 nitrogen and oxygen atoms in total. The Bertz CT molecular complexity index is 682. The standard InChI is InChI=1S/C18H21NO3/c1-20-17-13(7-5-9-19)11-16-14(18(17)21-2)10-12-6-3-4-8-15(12)22-16/h3-4,6,8,11H,5,7,9-10,19H2,1-2H3. The number of aryl methyl sites for hydroxylation is 1. The molecule has 4 heteroatoms. The van der Waals surface area contributed by atoms with Crippen molar-refractivity contribution < 1.29 is 14.2 Å². The lowest BCUT2D eigenvalue weighted by Gasteiger charge is -2.25. The Kier molecular flexibility index (Phi) is 4.20. The van der Waals surface area contributed by atoms with Crippen LogP contribution in [0.15, 0.2) is 30.3 Å². The van der Waals surface area contributed by atoms with Gasteiger partial charge in [-0.25, -0.2) is 0 Å². The number of methoxy groups -OCH3 is 2. The lowest BCUT2D eigenvalue weighted by molar-refractivity contribution is 0.342. The minimum atomic E-state index is 0.645. The first-order chi connectivity index (χ1) is 10.8. The molecule has 0 atom stereocenters. The highest BCUT2D eigenvalue weighted by molar-refractivity contribution is 5.63. The lowest BCUT2D eigenvalue weighted by Crippen LogP contribution is -2.09. The van der Waals surface area contributed by atoms with Gasteiger partial charge in [-0.1, -0.05) is 18.2 Å². The minimum absolute atomic E-state index is 0.645. The highest BCUT2D eigenvalue weighted by Crippen LogP contribution is 2.47. The second-order valence-corrected chi connectivity index (χ2v) is 5.36. The van der Waals surface area contributed by atoms with Gasteiger partial charge in [0.2, 0.25) is 0 Å². The molecule has 0 bridgehead atoms. The molecule has 2 aromatic rings. The van der Waals surface area contributed by atoms with E-state index in [9.17, 15) is 0 Å². The predicted molar refractivity (Wildman–Crippen MR) is 86.2 cm³/mol. The van der Waals surface area contributed by atoms with Crippen molar-refractivity contribution in [3.05, 3.63) is 47.0 Å². The molecule has 22 heavy (non-hydrogen) atoms. The molecule has 0 fully saturated rings. The molecular weight excluding hydrogens is 278 g/mol. The second kappa shape index (κ2) is 6.28. The summed E-state index contributed by atoms with van der Waals surface area (Å²) in [5.74, 6) is 3.31. The molecule has 1 heterocycles. The highest BCUT2D eigenvalue weighted by Gasteiger charge is 2.25. The SMILES string of the molecule is COc1c(CCCN)cc2c(c1OC)Cc1ccccc1O2. The molecule has 0 aliphatic carbocycles. The number of benzene rings is 2. The van der Waals surface area contributed by atoms with Gasteiger partial charge < -0.3 is 19.9 Å². The summed E-state index contributed by atoms with van der Waals surface area (Å²) in [6.45, 7) is 0.645. The van der Waals surface area contributed by atoms with Crippen LogP contribution in [0.4, 0.5) is 0 Å². The molecule has 3 rings (SSSR count). The van der Waals surface area contributed by atoms with Crippen LogP contribution in [0.25, 0.3) is 0 Å². The van der Waals surface area contributed by atoms with Gasteiger partial charge in [-0.3, -0.25) is 0 Å². The van der Waals surface area contributed by atoms with Gasteiger partial charge in [-0.05, 0) is 37.1 Å². The summed E-state index contributed by atoms with van der Waals surface area (Å²) in [5, 5.41) is 0. The third-order valence-corrected chi connectivity index (χ3v) is 3.99. The summed E-state index contributed by atoms with van der Waals surface area (Å²) in [6.07, 6.45) is 2.52. The first kappa shape index (κ1) is 14.7. The number of hydrogen-bond acceptors (Lipinski definition) is 4. The van der Waals surface area contributed by atoms with E-state index in [-0.39, 0.29) is 0 Å². The van der Waals surface area contributed by atoms with Crippen molar-refractivity contribution in [3.63, 3.8) is 0 Å². The van der Waals surface area contributed by atoms with Crippen LogP contribution in [0.2, 0.25) is 0 Å². The van der Waals surface area contributed by atoms with E-state index in [2.05, 4.69) is 12.1 Å². The van der Waals surface area contributed by atoms with Gasteiger partial charge in [0.05, 0.1) is 14.2 Å². The monoisotopic (exact) mass is 299 g/mol. The summed E-state index contributed by atoms with van der Waals surface area (Å²) in [5.41, 5.74) is 8.90. The molecule has 1 aliphatic rings.